The molecule has 6 heteroatoms. The minimum atomic E-state index is -0.530. The van der Waals surface area contributed by atoms with Gasteiger partial charge in [0.05, 0.1) is 4.92 Å². The Hall–Kier alpha value is -1.95. The van der Waals surface area contributed by atoms with Crippen molar-refractivity contribution in [3.05, 3.63) is 39.9 Å². The SMILES string of the molecule is CC1NCCCC1NC(=O)c1ccccc1[N+](=O)[O-]. The van der Waals surface area contributed by atoms with Crippen LogP contribution in [-0.4, -0.2) is 29.5 Å². The highest BCUT2D eigenvalue weighted by atomic mass is 16.6. The Morgan fingerprint density at radius 2 is 2.21 bits per heavy atom. The summed E-state index contributed by atoms with van der Waals surface area (Å²) >= 11 is 0. The summed E-state index contributed by atoms with van der Waals surface area (Å²) in [7, 11) is 0. The Bertz CT molecular complexity index is 490. The zero-order valence-corrected chi connectivity index (χ0v) is 10.8. The smallest absolute Gasteiger partial charge is 0.282 e. The van der Waals surface area contributed by atoms with Crippen LogP contribution in [0, 0.1) is 10.1 Å². The van der Waals surface area contributed by atoms with Crippen LogP contribution in [0.25, 0.3) is 0 Å². The van der Waals surface area contributed by atoms with E-state index in [1.807, 2.05) is 6.92 Å². The number of nitrogens with zero attached hydrogens (tertiary/aromatic N) is 1. The third kappa shape index (κ3) is 3.08. The Morgan fingerprint density at radius 3 is 2.89 bits per heavy atom. The lowest BCUT2D eigenvalue weighted by Crippen LogP contribution is -2.51. The molecule has 6 nitrogen and oxygen atoms in total. The van der Waals surface area contributed by atoms with Crippen molar-refractivity contribution in [2.75, 3.05) is 6.54 Å². The summed E-state index contributed by atoms with van der Waals surface area (Å²) < 4.78 is 0. The van der Waals surface area contributed by atoms with Gasteiger partial charge in [-0.05, 0) is 32.4 Å². The molecule has 0 saturated carbocycles. The van der Waals surface area contributed by atoms with E-state index >= 15 is 0 Å². The highest BCUT2D eigenvalue weighted by Gasteiger charge is 2.25. The maximum Gasteiger partial charge on any atom is 0.282 e. The van der Waals surface area contributed by atoms with Crippen molar-refractivity contribution < 1.29 is 9.72 Å². The van der Waals surface area contributed by atoms with Crippen LogP contribution in [0.4, 0.5) is 5.69 Å². The largest absolute Gasteiger partial charge is 0.348 e. The second kappa shape index (κ2) is 5.79. The number of nitrogens with one attached hydrogen (secondary N) is 2. The number of amides is 1. The molecule has 0 radical (unpaired) electrons. The maximum absolute atomic E-state index is 12.1. The fourth-order valence-electron chi connectivity index (χ4n) is 2.31. The van der Waals surface area contributed by atoms with E-state index < -0.39 is 4.92 Å². The van der Waals surface area contributed by atoms with Crippen molar-refractivity contribution >= 4 is 11.6 Å². The third-order valence-electron chi connectivity index (χ3n) is 3.42. The van der Waals surface area contributed by atoms with Gasteiger partial charge >= 0.3 is 0 Å². The standard InChI is InChI=1S/C13H17N3O3/c1-9-11(6-4-8-14-9)15-13(17)10-5-2-3-7-12(10)16(18)19/h2-3,5,7,9,11,14H,4,6,8H2,1H3,(H,15,17). The molecule has 102 valence electrons. The average Bonchev–Trinajstić information content (AvgIpc) is 2.41. The molecule has 1 heterocycles. The molecule has 1 aliphatic heterocycles. The molecule has 2 N–H and O–H groups in total. The molecule has 1 saturated heterocycles. The van der Waals surface area contributed by atoms with Gasteiger partial charge in [-0.15, -0.1) is 0 Å². The van der Waals surface area contributed by atoms with Gasteiger partial charge in [-0.3, -0.25) is 14.9 Å². The first-order valence-corrected chi connectivity index (χ1v) is 6.37. The first-order valence-electron chi connectivity index (χ1n) is 6.37. The number of carbonyl (C=O) groups excluding carboxylic acids is 1. The van der Waals surface area contributed by atoms with Gasteiger partial charge in [-0.2, -0.15) is 0 Å². The fourth-order valence-corrected chi connectivity index (χ4v) is 2.31. The molecule has 19 heavy (non-hydrogen) atoms. The van der Waals surface area contributed by atoms with E-state index in [0.717, 1.165) is 19.4 Å². The highest BCUT2D eigenvalue weighted by molar-refractivity contribution is 5.98. The lowest BCUT2D eigenvalue weighted by Gasteiger charge is -2.30. The Balaban J connectivity index is 2.13. The summed E-state index contributed by atoms with van der Waals surface area (Å²) in [5.41, 5.74) is -0.0401. The number of rotatable bonds is 3. The monoisotopic (exact) mass is 263 g/mol. The lowest BCUT2D eigenvalue weighted by molar-refractivity contribution is -0.385. The van der Waals surface area contributed by atoms with E-state index in [1.165, 1.54) is 12.1 Å². The molecular weight excluding hydrogens is 246 g/mol. The lowest BCUT2D eigenvalue weighted by atomic mass is 9.99. The molecule has 0 spiro atoms. The van der Waals surface area contributed by atoms with E-state index in [9.17, 15) is 14.9 Å². The summed E-state index contributed by atoms with van der Waals surface area (Å²) in [6, 6.07) is 6.21. The number of hydrogen-bond acceptors (Lipinski definition) is 4. The average molecular weight is 263 g/mol. The van der Waals surface area contributed by atoms with Gasteiger partial charge in [0.2, 0.25) is 0 Å². The topological polar surface area (TPSA) is 84.3 Å². The number of benzene rings is 1. The van der Waals surface area contributed by atoms with Crippen LogP contribution in [0.5, 0.6) is 0 Å². The van der Waals surface area contributed by atoms with Crippen LogP contribution < -0.4 is 10.6 Å². The van der Waals surface area contributed by atoms with Gasteiger partial charge in [0.25, 0.3) is 11.6 Å². The van der Waals surface area contributed by atoms with Crippen molar-refractivity contribution in [2.45, 2.75) is 31.8 Å². The zero-order valence-electron chi connectivity index (χ0n) is 10.8. The predicted octanol–water partition coefficient (Wildman–Crippen LogP) is 1.47. The van der Waals surface area contributed by atoms with E-state index in [-0.39, 0.29) is 29.2 Å². The maximum atomic E-state index is 12.1. The molecule has 1 amide bonds. The molecule has 0 aromatic heterocycles. The number of piperidine rings is 1. The van der Waals surface area contributed by atoms with Crippen LogP contribution in [0.1, 0.15) is 30.1 Å². The predicted molar refractivity (Wildman–Crippen MR) is 71.0 cm³/mol. The van der Waals surface area contributed by atoms with Crippen LogP contribution in [0.15, 0.2) is 24.3 Å². The van der Waals surface area contributed by atoms with Gasteiger partial charge in [0.15, 0.2) is 0 Å². The van der Waals surface area contributed by atoms with Crippen LogP contribution >= 0.6 is 0 Å². The van der Waals surface area contributed by atoms with Gasteiger partial charge in [-0.1, -0.05) is 12.1 Å². The third-order valence-corrected chi connectivity index (χ3v) is 3.42. The molecule has 1 fully saturated rings. The number of nitro benzene ring substituents is 1. The van der Waals surface area contributed by atoms with Gasteiger partial charge in [-0.25, -0.2) is 0 Å². The van der Waals surface area contributed by atoms with E-state index in [2.05, 4.69) is 10.6 Å². The molecule has 1 aliphatic rings. The summed E-state index contributed by atoms with van der Waals surface area (Å²) in [4.78, 5) is 22.5. The molecule has 0 aliphatic carbocycles. The normalized spacial score (nSPS) is 22.8. The molecule has 1 aromatic carbocycles. The fraction of sp³-hybridized carbons (Fsp3) is 0.462. The molecular formula is C13H17N3O3. The number of nitro groups is 1. The number of hydrogen-bond donors (Lipinski definition) is 2. The molecule has 2 unspecified atom stereocenters. The Kier molecular flexibility index (Phi) is 4.11. The van der Waals surface area contributed by atoms with Gasteiger partial charge < -0.3 is 10.6 Å². The molecule has 2 atom stereocenters. The summed E-state index contributed by atoms with van der Waals surface area (Å²) in [6.45, 7) is 2.95. The van der Waals surface area contributed by atoms with Crippen molar-refractivity contribution in [3.8, 4) is 0 Å². The van der Waals surface area contributed by atoms with Crippen molar-refractivity contribution in [3.63, 3.8) is 0 Å². The minimum absolute atomic E-state index is 0.0149. The van der Waals surface area contributed by atoms with Crippen molar-refractivity contribution in [1.29, 1.82) is 0 Å². The van der Waals surface area contributed by atoms with E-state index in [4.69, 9.17) is 0 Å². The first kappa shape index (κ1) is 13.5. The van der Waals surface area contributed by atoms with E-state index in [0.29, 0.717) is 0 Å². The molecule has 2 rings (SSSR count). The second-order valence-electron chi connectivity index (χ2n) is 4.74. The van der Waals surface area contributed by atoms with Crippen molar-refractivity contribution in [1.82, 2.24) is 10.6 Å². The summed E-state index contributed by atoms with van der Waals surface area (Å²) in [6.07, 6.45) is 1.88. The molecule has 1 aromatic rings. The van der Waals surface area contributed by atoms with Gasteiger partial charge in [0.1, 0.15) is 5.56 Å². The second-order valence-corrected chi connectivity index (χ2v) is 4.74. The van der Waals surface area contributed by atoms with Crippen LogP contribution in [0.3, 0.4) is 0 Å². The summed E-state index contributed by atoms with van der Waals surface area (Å²) in [5, 5.41) is 17.0. The van der Waals surface area contributed by atoms with Crippen molar-refractivity contribution in [2.24, 2.45) is 0 Å². The Labute approximate surface area is 111 Å². The number of para-hydroxylation sites is 1. The quantitative estimate of drug-likeness (QED) is 0.638. The highest BCUT2D eigenvalue weighted by Crippen LogP contribution is 2.18. The van der Waals surface area contributed by atoms with Gasteiger partial charge in [0, 0.05) is 18.2 Å². The number of carbonyl (C=O) groups is 1. The Morgan fingerprint density at radius 1 is 1.47 bits per heavy atom. The summed E-state index contributed by atoms with van der Waals surface area (Å²) in [5.74, 6) is -0.382. The van der Waals surface area contributed by atoms with Crippen LogP contribution in [-0.2, 0) is 0 Å². The molecule has 0 bridgehead atoms. The van der Waals surface area contributed by atoms with Crippen LogP contribution in [0.2, 0.25) is 0 Å². The first-order chi connectivity index (χ1) is 9.09. The minimum Gasteiger partial charge on any atom is -0.348 e. The zero-order chi connectivity index (χ0) is 13.8. The van der Waals surface area contributed by atoms with E-state index in [1.54, 1.807) is 12.1 Å².